The topological polar surface area (TPSA) is 43.6 Å². The molecule has 0 spiro atoms. The maximum Gasteiger partial charge on any atom is 0.358 e. The minimum Gasteiger partial charge on any atom is -0.461 e. The summed E-state index contributed by atoms with van der Waals surface area (Å²) in [5.74, 6) is 0.392. The van der Waals surface area contributed by atoms with Crippen molar-refractivity contribution in [1.82, 2.24) is 9.38 Å². The lowest BCUT2D eigenvalue weighted by Gasteiger charge is -2.33. The Morgan fingerprint density at radius 2 is 2.29 bits per heavy atom. The highest BCUT2D eigenvalue weighted by molar-refractivity contribution is 7.17. The third kappa shape index (κ3) is 2.59. The number of carbonyl (C=O) groups excluding carboxylic acids is 1. The molecule has 0 aromatic carbocycles. The summed E-state index contributed by atoms with van der Waals surface area (Å²) in [5.41, 5.74) is 2.10. The zero-order valence-electron chi connectivity index (χ0n) is 13.1. The van der Waals surface area contributed by atoms with Crippen LogP contribution in [0.1, 0.15) is 55.2 Å². The monoisotopic (exact) mass is 306 g/mol. The molecule has 0 saturated heterocycles. The number of nitrogens with zero attached hydrogens (tertiary/aromatic N) is 2. The maximum atomic E-state index is 11.8. The van der Waals surface area contributed by atoms with E-state index >= 15 is 0 Å². The molecule has 0 bridgehead atoms. The fraction of sp³-hybridized carbons (Fsp3) is 0.625. The minimum atomic E-state index is -0.328. The Bertz CT molecular complexity index is 678. The smallest absolute Gasteiger partial charge is 0.358 e. The molecule has 0 amide bonds. The summed E-state index contributed by atoms with van der Waals surface area (Å²) in [6.07, 6.45) is 5.23. The molecule has 5 heteroatoms. The maximum absolute atomic E-state index is 11.8. The van der Waals surface area contributed by atoms with E-state index in [-0.39, 0.29) is 5.97 Å². The Balaban J connectivity index is 1.92. The van der Waals surface area contributed by atoms with Crippen LogP contribution >= 0.6 is 11.3 Å². The number of ether oxygens (including phenoxy) is 1. The van der Waals surface area contributed by atoms with Gasteiger partial charge in [-0.2, -0.15) is 0 Å². The number of aryl methyl sites for hydroxylation is 1. The van der Waals surface area contributed by atoms with Crippen molar-refractivity contribution in [3.8, 4) is 0 Å². The number of hydrogen-bond donors (Lipinski definition) is 0. The molecular weight excluding hydrogens is 284 g/mol. The summed E-state index contributed by atoms with van der Waals surface area (Å²) >= 11 is 1.72. The lowest BCUT2D eigenvalue weighted by molar-refractivity contribution is 0.0520. The molecule has 1 atom stereocenters. The van der Waals surface area contributed by atoms with Gasteiger partial charge in [0.15, 0.2) is 10.7 Å². The van der Waals surface area contributed by atoms with E-state index in [1.54, 1.807) is 11.3 Å². The first-order chi connectivity index (χ1) is 9.90. The van der Waals surface area contributed by atoms with E-state index in [2.05, 4.69) is 30.2 Å². The molecule has 2 heterocycles. The average Bonchev–Trinajstić information content (AvgIpc) is 2.94. The van der Waals surface area contributed by atoms with Crippen LogP contribution in [0.15, 0.2) is 6.20 Å². The van der Waals surface area contributed by atoms with Crippen LogP contribution in [-0.2, 0) is 17.6 Å². The largest absolute Gasteiger partial charge is 0.461 e. The predicted molar refractivity (Wildman–Crippen MR) is 84.0 cm³/mol. The van der Waals surface area contributed by atoms with Gasteiger partial charge in [0.25, 0.3) is 0 Å². The van der Waals surface area contributed by atoms with Crippen LogP contribution in [0.5, 0.6) is 0 Å². The van der Waals surface area contributed by atoms with Crippen LogP contribution in [0.3, 0.4) is 0 Å². The number of carbonyl (C=O) groups is 1. The molecule has 21 heavy (non-hydrogen) atoms. The van der Waals surface area contributed by atoms with Crippen LogP contribution in [0.4, 0.5) is 0 Å². The van der Waals surface area contributed by atoms with Gasteiger partial charge >= 0.3 is 5.97 Å². The van der Waals surface area contributed by atoms with Gasteiger partial charge in [-0.05, 0) is 37.5 Å². The molecule has 2 aromatic heterocycles. The molecule has 114 valence electrons. The highest BCUT2D eigenvalue weighted by Crippen LogP contribution is 2.40. The Morgan fingerprint density at radius 3 is 2.95 bits per heavy atom. The van der Waals surface area contributed by atoms with Crippen LogP contribution in [0.25, 0.3) is 4.96 Å². The molecule has 1 aliphatic rings. The zero-order chi connectivity index (χ0) is 15.2. The molecule has 0 aliphatic heterocycles. The van der Waals surface area contributed by atoms with Gasteiger partial charge in [0, 0.05) is 16.8 Å². The van der Waals surface area contributed by atoms with Gasteiger partial charge < -0.3 is 4.74 Å². The molecule has 1 aliphatic carbocycles. The summed E-state index contributed by atoms with van der Waals surface area (Å²) < 4.78 is 7.11. The molecule has 0 radical (unpaired) electrons. The van der Waals surface area contributed by atoms with Gasteiger partial charge in [-0.15, -0.1) is 11.3 Å². The van der Waals surface area contributed by atoms with E-state index in [9.17, 15) is 4.79 Å². The number of rotatable bonds is 2. The Labute approximate surface area is 129 Å². The number of esters is 1. The van der Waals surface area contributed by atoms with E-state index in [0.29, 0.717) is 17.7 Å². The first kappa shape index (κ1) is 14.6. The summed E-state index contributed by atoms with van der Waals surface area (Å²) in [6, 6.07) is 0. The van der Waals surface area contributed by atoms with Gasteiger partial charge in [0.2, 0.25) is 0 Å². The second-order valence-electron chi connectivity index (χ2n) is 6.78. The Kier molecular flexibility index (Phi) is 3.56. The second kappa shape index (κ2) is 5.13. The Hall–Kier alpha value is -1.36. The van der Waals surface area contributed by atoms with Gasteiger partial charge in [-0.3, -0.25) is 4.40 Å². The SMILES string of the molecule is CCOC(=O)c1cn2c3c(sc2n1)CC(C(C)(C)C)CC3. The van der Waals surface area contributed by atoms with Crippen molar-refractivity contribution in [3.05, 3.63) is 22.5 Å². The quantitative estimate of drug-likeness (QED) is 0.794. The van der Waals surface area contributed by atoms with Gasteiger partial charge in [0.1, 0.15) is 0 Å². The number of hydrogen-bond acceptors (Lipinski definition) is 4. The second-order valence-corrected chi connectivity index (χ2v) is 7.84. The molecule has 4 nitrogen and oxygen atoms in total. The number of imidazole rings is 1. The molecular formula is C16H22N2O2S. The normalized spacial score (nSPS) is 18.8. The van der Waals surface area contributed by atoms with Crippen LogP contribution in [0, 0.1) is 11.3 Å². The number of aromatic nitrogens is 2. The third-order valence-electron chi connectivity index (χ3n) is 4.37. The van der Waals surface area contributed by atoms with E-state index in [4.69, 9.17) is 4.74 Å². The van der Waals surface area contributed by atoms with Gasteiger partial charge in [-0.25, -0.2) is 9.78 Å². The highest BCUT2D eigenvalue weighted by atomic mass is 32.1. The summed E-state index contributed by atoms with van der Waals surface area (Å²) in [4.78, 5) is 18.5. The van der Waals surface area contributed by atoms with Crippen molar-refractivity contribution in [2.75, 3.05) is 6.61 Å². The summed E-state index contributed by atoms with van der Waals surface area (Å²) in [6.45, 7) is 9.15. The molecule has 0 N–H and O–H groups in total. The molecule has 2 aromatic rings. The first-order valence-corrected chi connectivity index (χ1v) is 8.38. The average molecular weight is 306 g/mol. The molecule has 0 saturated carbocycles. The van der Waals surface area contributed by atoms with Crippen molar-refractivity contribution < 1.29 is 9.53 Å². The fourth-order valence-corrected chi connectivity index (χ4v) is 4.26. The van der Waals surface area contributed by atoms with Crippen molar-refractivity contribution in [2.24, 2.45) is 11.3 Å². The lowest BCUT2D eigenvalue weighted by atomic mass is 9.73. The summed E-state index contributed by atoms with van der Waals surface area (Å²) in [5, 5.41) is 0. The highest BCUT2D eigenvalue weighted by Gasteiger charge is 2.31. The van der Waals surface area contributed by atoms with Gasteiger partial charge in [0.05, 0.1) is 6.61 Å². The summed E-state index contributed by atoms with van der Waals surface area (Å²) in [7, 11) is 0. The van der Waals surface area contributed by atoms with Crippen LogP contribution in [-0.4, -0.2) is 22.0 Å². The molecule has 0 fully saturated rings. The van der Waals surface area contributed by atoms with E-state index in [1.165, 1.54) is 17.0 Å². The Morgan fingerprint density at radius 1 is 1.52 bits per heavy atom. The minimum absolute atomic E-state index is 0.328. The molecule has 1 unspecified atom stereocenters. The van der Waals surface area contributed by atoms with Crippen LogP contribution in [0.2, 0.25) is 0 Å². The fourth-order valence-electron chi connectivity index (χ4n) is 3.03. The third-order valence-corrected chi connectivity index (χ3v) is 5.49. The first-order valence-electron chi connectivity index (χ1n) is 7.57. The lowest BCUT2D eigenvalue weighted by Crippen LogP contribution is -2.26. The van der Waals surface area contributed by atoms with Gasteiger partial charge in [-0.1, -0.05) is 20.8 Å². The standard InChI is InChI=1S/C16H22N2O2S/c1-5-20-14(19)11-9-18-12-7-6-10(16(2,3)4)8-13(12)21-15(18)17-11/h9-10H,5-8H2,1-4H3. The van der Waals surface area contributed by atoms with E-state index in [0.717, 1.165) is 23.7 Å². The van der Waals surface area contributed by atoms with Crippen molar-refractivity contribution >= 4 is 22.3 Å². The predicted octanol–water partition coefficient (Wildman–Crippen LogP) is 3.72. The van der Waals surface area contributed by atoms with Crippen molar-refractivity contribution in [2.45, 2.75) is 47.0 Å². The number of thiazole rings is 1. The van der Waals surface area contributed by atoms with Crippen LogP contribution < -0.4 is 0 Å². The van der Waals surface area contributed by atoms with E-state index < -0.39 is 0 Å². The number of fused-ring (bicyclic) bond motifs is 3. The van der Waals surface area contributed by atoms with E-state index in [1.807, 2.05) is 13.1 Å². The van der Waals surface area contributed by atoms with Crippen molar-refractivity contribution in [1.29, 1.82) is 0 Å². The zero-order valence-corrected chi connectivity index (χ0v) is 13.9. The molecule has 3 rings (SSSR count). The van der Waals surface area contributed by atoms with Crippen molar-refractivity contribution in [3.63, 3.8) is 0 Å².